The van der Waals surface area contributed by atoms with Crippen LogP contribution in [0.4, 0.5) is 0 Å². The summed E-state index contributed by atoms with van der Waals surface area (Å²) < 4.78 is 1.75. The summed E-state index contributed by atoms with van der Waals surface area (Å²) in [7, 11) is 1.87. The van der Waals surface area contributed by atoms with Gasteiger partial charge >= 0.3 is 0 Å². The second-order valence-electron chi connectivity index (χ2n) is 5.32. The highest BCUT2D eigenvalue weighted by molar-refractivity contribution is 5.95. The molecule has 106 valence electrons. The van der Waals surface area contributed by atoms with Gasteiger partial charge in [0.1, 0.15) is 0 Å². The van der Waals surface area contributed by atoms with Gasteiger partial charge in [0, 0.05) is 25.8 Å². The van der Waals surface area contributed by atoms with Crippen molar-refractivity contribution in [1.29, 1.82) is 0 Å². The van der Waals surface area contributed by atoms with Crippen molar-refractivity contribution in [2.75, 3.05) is 26.2 Å². The van der Waals surface area contributed by atoms with E-state index >= 15 is 0 Å². The zero-order chi connectivity index (χ0) is 13.8. The number of rotatable bonds is 4. The average Bonchev–Trinajstić information content (AvgIpc) is 2.77. The molecule has 1 fully saturated rings. The van der Waals surface area contributed by atoms with Crippen LogP contribution >= 0.6 is 0 Å². The number of hydrogen-bond donors (Lipinski definition) is 1. The highest BCUT2D eigenvalue weighted by atomic mass is 16.2. The Kier molecular flexibility index (Phi) is 4.58. The average molecular weight is 264 g/mol. The number of carbonyl (C=O) groups excluding carboxylic acids is 1. The molecule has 5 heteroatoms. The molecule has 0 bridgehead atoms. The van der Waals surface area contributed by atoms with E-state index in [9.17, 15) is 4.79 Å². The fraction of sp³-hybridized carbons (Fsp3) is 0.714. The lowest BCUT2D eigenvalue weighted by Crippen LogP contribution is -2.41. The molecule has 0 aromatic carbocycles. The Morgan fingerprint density at radius 1 is 1.63 bits per heavy atom. The molecule has 5 nitrogen and oxygen atoms in total. The molecule has 0 saturated carbocycles. The van der Waals surface area contributed by atoms with Gasteiger partial charge in [-0.05, 0) is 45.7 Å². The first-order valence-corrected chi connectivity index (χ1v) is 7.12. The van der Waals surface area contributed by atoms with Crippen LogP contribution in [-0.2, 0) is 7.05 Å². The third-order valence-corrected chi connectivity index (χ3v) is 4.01. The number of aromatic nitrogens is 2. The standard InChI is InChI=1S/C14H24N4O/c1-4-18(10-12-6-5-7-15-8-12)14(19)13-9-16-17(3)11(13)2/h9,12,15H,4-8,10H2,1-3H3. The molecule has 1 aliphatic heterocycles. The van der Waals surface area contributed by atoms with Crippen LogP contribution in [0, 0.1) is 12.8 Å². The van der Waals surface area contributed by atoms with Gasteiger partial charge in [-0.3, -0.25) is 9.48 Å². The van der Waals surface area contributed by atoms with Crippen molar-refractivity contribution in [3.05, 3.63) is 17.5 Å². The van der Waals surface area contributed by atoms with Gasteiger partial charge in [0.05, 0.1) is 11.8 Å². The van der Waals surface area contributed by atoms with Crippen LogP contribution in [-0.4, -0.2) is 46.8 Å². The van der Waals surface area contributed by atoms with Crippen molar-refractivity contribution in [2.45, 2.75) is 26.7 Å². The third-order valence-electron chi connectivity index (χ3n) is 4.01. The van der Waals surface area contributed by atoms with Gasteiger partial charge in [0.25, 0.3) is 5.91 Å². The number of hydrogen-bond acceptors (Lipinski definition) is 3. The topological polar surface area (TPSA) is 50.2 Å². The first kappa shape index (κ1) is 14.1. The van der Waals surface area contributed by atoms with Gasteiger partial charge in [0.2, 0.25) is 0 Å². The number of nitrogens with zero attached hydrogens (tertiary/aromatic N) is 3. The maximum Gasteiger partial charge on any atom is 0.257 e. The lowest BCUT2D eigenvalue weighted by Gasteiger charge is -2.29. The summed E-state index contributed by atoms with van der Waals surface area (Å²) in [5, 5.41) is 7.56. The Hall–Kier alpha value is -1.36. The van der Waals surface area contributed by atoms with E-state index in [0.29, 0.717) is 5.92 Å². The Bertz CT molecular complexity index is 435. The Labute approximate surface area is 115 Å². The molecule has 0 spiro atoms. The third kappa shape index (κ3) is 3.15. The van der Waals surface area contributed by atoms with E-state index in [0.717, 1.165) is 37.4 Å². The highest BCUT2D eigenvalue weighted by Gasteiger charge is 2.22. The quantitative estimate of drug-likeness (QED) is 0.888. The van der Waals surface area contributed by atoms with Crippen molar-refractivity contribution >= 4 is 5.91 Å². The first-order chi connectivity index (χ1) is 9.13. The SMILES string of the molecule is CCN(CC1CCCNC1)C(=O)c1cnn(C)c1C. The van der Waals surface area contributed by atoms with Gasteiger partial charge in [-0.2, -0.15) is 5.10 Å². The Morgan fingerprint density at radius 3 is 2.95 bits per heavy atom. The molecule has 1 aliphatic rings. The molecule has 1 N–H and O–H groups in total. The molecule has 2 rings (SSSR count). The molecule has 1 saturated heterocycles. The number of piperidine rings is 1. The predicted molar refractivity (Wildman–Crippen MR) is 75.1 cm³/mol. The summed E-state index contributed by atoms with van der Waals surface area (Å²) in [5.41, 5.74) is 1.67. The molecule has 1 unspecified atom stereocenters. The minimum atomic E-state index is 0.110. The van der Waals surface area contributed by atoms with E-state index in [4.69, 9.17) is 0 Å². The zero-order valence-corrected chi connectivity index (χ0v) is 12.1. The molecule has 0 aliphatic carbocycles. The zero-order valence-electron chi connectivity index (χ0n) is 12.1. The molecule has 0 radical (unpaired) electrons. The Morgan fingerprint density at radius 2 is 2.42 bits per heavy atom. The maximum atomic E-state index is 12.5. The second-order valence-corrected chi connectivity index (χ2v) is 5.32. The molecular formula is C14H24N4O. The van der Waals surface area contributed by atoms with Crippen LogP contribution in [0.3, 0.4) is 0 Å². The highest BCUT2D eigenvalue weighted by Crippen LogP contribution is 2.15. The maximum absolute atomic E-state index is 12.5. The van der Waals surface area contributed by atoms with Gasteiger partial charge in [0.15, 0.2) is 0 Å². The largest absolute Gasteiger partial charge is 0.338 e. The van der Waals surface area contributed by atoms with Gasteiger partial charge < -0.3 is 10.2 Å². The van der Waals surface area contributed by atoms with Crippen molar-refractivity contribution in [3.8, 4) is 0 Å². The number of carbonyl (C=O) groups is 1. The summed E-state index contributed by atoms with van der Waals surface area (Å²) in [6, 6.07) is 0. The number of nitrogens with one attached hydrogen (secondary N) is 1. The summed E-state index contributed by atoms with van der Waals surface area (Å²) in [6.07, 6.45) is 4.10. The van der Waals surface area contributed by atoms with Crippen molar-refractivity contribution in [1.82, 2.24) is 20.0 Å². The minimum absolute atomic E-state index is 0.110. The molecule has 19 heavy (non-hydrogen) atoms. The summed E-state index contributed by atoms with van der Waals surface area (Å²) >= 11 is 0. The van der Waals surface area contributed by atoms with E-state index in [-0.39, 0.29) is 5.91 Å². The molecule has 1 aromatic rings. The van der Waals surface area contributed by atoms with Crippen LogP contribution in [0.15, 0.2) is 6.20 Å². The fourth-order valence-corrected chi connectivity index (χ4v) is 2.63. The molecule has 1 atom stereocenters. The van der Waals surface area contributed by atoms with Crippen molar-refractivity contribution in [3.63, 3.8) is 0 Å². The molecule has 1 aromatic heterocycles. The van der Waals surface area contributed by atoms with Gasteiger partial charge in [-0.15, -0.1) is 0 Å². The van der Waals surface area contributed by atoms with Crippen LogP contribution in [0.2, 0.25) is 0 Å². The van der Waals surface area contributed by atoms with E-state index in [1.165, 1.54) is 12.8 Å². The molecule has 1 amide bonds. The van der Waals surface area contributed by atoms with E-state index in [2.05, 4.69) is 10.4 Å². The van der Waals surface area contributed by atoms with E-state index in [1.807, 2.05) is 25.8 Å². The smallest absolute Gasteiger partial charge is 0.257 e. The molecule has 2 heterocycles. The van der Waals surface area contributed by atoms with Crippen LogP contribution in [0.1, 0.15) is 35.8 Å². The summed E-state index contributed by atoms with van der Waals surface area (Å²) in [5.74, 6) is 0.688. The van der Waals surface area contributed by atoms with Gasteiger partial charge in [-0.25, -0.2) is 0 Å². The Balaban J connectivity index is 2.04. The van der Waals surface area contributed by atoms with Crippen LogP contribution in [0.5, 0.6) is 0 Å². The monoisotopic (exact) mass is 264 g/mol. The lowest BCUT2D eigenvalue weighted by atomic mass is 9.99. The normalized spacial score (nSPS) is 19.4. The summed E-state index contributed by atoms with van der Waals surface area (Å²) in [4.78, 5) is 14.5. The first-order valence-electron chi connectivity index (χ1n) is 7.12. The van der Waals surface area contributed by atoms with E-state index in [1.54, 1.807) is 10.9 Å². The number of amides is 1. The van der Waals surface area contributed by atoms with E-state index < -0.39 is 0 Å². The summed E-state index contributed by atoms with van der Waals surface area (Å²) in [6.45, 7) is 7.71. The fourth-order valence-electron chi connectivity index (χ4n) is 2.63. The lowest BCUT2D eigenvalue weighted by molar-refractivity contribution is 0.0728. The second kappa shape index (κ2) is 6.19. The molecular weight excluding hydrogens is 240 g/mol. The predicted octanol–water partition coefficient (Wildman–Crippen LogP) is 1.19. The van der Waals surface area contributed by atoms with Crippen molar-refractivity contribution < 1.29 is 4.79 Å². The number of aryl methyl sites for hydroxylation is 1. The minimum Gasteiger partial charge on any atom is -0.338 e. The van der Waals surface area contributed by atoms with Crippen molar-refractivity contribution in [2.24, 2.45) is 13.0 Å². The van der Waals surface area contributed by atoms with Crippen LogP contribution < -0.4 is 5.32 Å². The van der Waals surface area contributed by atoms with Crippen LogP contribution in [0.25, 0.3) is 0 Å². The van der Waals surface area contributed by atoms with Gasteiger partial charge in [-0.1, -0.05) is 0 Å².